The molecule has 1 fully saturated rings. The molecule has 1 aliphatic heterocycles. The van der Waals surface area contributed by atoms with Gasteiger partial charge < -0.3 is 20.5 Å². The molecular formula is C28H28N4O3. The Hall–Kier alpha value is -4.00. The molecule has 7 nitrogen and oxygen atoms in total. The van der Waals surface area contributed by atoms with E-state index in [2.05, 4.69) is 46.7 Å². The van der Waals surface area contributed by atoms with Crippen molar-refractivity contribution < 1.29 is 14.3 Å². The number of aromatic amines is 1. The summed E-state index contributed by atoms with van der Waals surface area (Å²) in [4.78, 5) is 12.8. The molecule has 3 aromatic carbocycles. The molecule has 4 aromatic rings. The lowest BCUT2D eigenvalue weighted by Crippen LogP contribution is -2.31. The molecule has 0 unspecified atom stereocenters. The van der Waals surface area contributed by atoms with E-state index in [0.717, 1.165) is 63.4 Å². The fraction of sp³-hybridized carbons (Fsp3) is 0.286. The van der Waals surface area contributed by atoms with Gasteiger partial charge >= 0.3 is 0 Å². The maximum absolute atomic E-state index is 12.8. The van der Waals surface area contributed by atoms with E-state index in [0.29, 0.717) is 13.0 Å². The third kappa shape index (κ3) is 3.33. The van der Waals surface area contributed by atoms with E-state index in [1.807, 2.05) is 30.3 Å². The van der Waals surface area contributed by atoms with Crippen molar-refractivity contribution in [2.75, 3.05) is 19.0 Å². The summed E-state index contributed by atoms with van der Waals surface area (Å²) < 4.78 is 11.3. The SMILES string of the molecule is CCc1ccc(OC)cc1[C@@]1(C(N)=O)C[C@H]1c1ccc2c(Nc3cccc4c3OCC4)n[nH]c2c1. The first-order chi connectivity index (χ1) is 17.0. The zero-order valence-corrected chi connectivity index (χ0v) is 19.9. The van der Waals surface area contributed by atoms with E-state index < -0.39 is 5.41 Å². The highest BCUT2D eigenvalue weighted by atomic mass is 16.5. The van der Waals surface area contributed by atoms with Crippen LogP contribution in [0.1, 0.15) is 41.5 Å². The maximum Gasteiger partial charge on any atom is 0.228 e. The molecule has 0 radical (unpaired) electrons. The van der Waals surface area contributed by atoms with Crippen molar-refractivity contribution in [3.63, 3.8) is 0 Å². The van der Waals surface area contributed by atoms with E-state index in [4.69, 9.17) is 15.2 Å². The molecule has 35 heavy (non-hydrogen) atoms. The minimum absolute atomic E-state index is 0.00677. The van der Waals surface area contributed by atoms with Crippen molar-refractivity contribution in [2.24, 2.45) is 5.73 Å². The van der Waals surface area contributed by atoms with E-state index in [1.54, 1.807) is 7.11 Å². The number of primary amides is 1. The zero-order valence-electron chi connectivity index (χ0n) is 19.9. The first-order valence-corrected chi connectivity index (χ1v) is 12.0. The number of nitrogens with two attached hydrogens (primary N) is 1. The Balaban J connectivity index is 1.34. The largest absolute Gasteiger partial charge is 0.497 e. The Morgan fingerprint density at radius 2 is 2.14 bits per heavy atom. The summed E-state index contributed by atoms with van der Waals surface area (Å²) in [6.45, 7) is 2.80. The van der Waals surface area contributed by atoms with Crippen LogP contribution in [0.2, 0.25) is 0 Å². The Morgan fingerprint density at radius 3 is 2.94 bits per heavy atom. The number of hydrogen-bond acceptors (Lipinski definition) is 5. The number of benzene rings is 3. The lowest BCUT2D eigenvalue weighted by Gasteiger charge is -2.19. The zero-order chi connectivity index (χ0) is 24.2. The average molecular weight is 469 g/mol. The van der Waals surface area contributed by atoms with Crippen molar-refractivity contribution in [3.05, 3.63) is 76.9 Å². The highest BCUT2D eigenvalue weighted by Gasteiger charge is 2.61. The van der Waals surface area contributed by atoms with Crippen LogP contribution in [0.25, 0.3) is 10.9 Å². The van der Waals surface area contributed by atoms with E-state index >= 15 is 0 Å². The van der Waals surface area contributed by atoms with Gasteiger partial charge in [-0.1, -0.05) is 31.2 Å². The molecule has 7 heteroatoms. The fourth-order valence-corrected chi connectivity index (χ4v) is 5.56. The van der Waals surface area contributed by atoms with Gasteiger partial charge in [0.05, 0.1) is 30.3 Å². The predicted molar refractivity (Wildman–Crippen MR) is 136 cm³/mol. The van der Waals surface area contributed by atoms with E-state index in [1.165, 1.54) is 5.56 Å². The van der Waals surface area contributed by atoms with Gasteiger partial charge in [-0.25, -0.2) is 0 Å². The highest BCUT2D eigenvalue weighted by molar-refractivity contribution is 5.95. The molecule has 178 valence electrons. The van der Waals surface area contributed by atoms with Crippen molar-refractivity contribution in [1.29, 1.82) is 0 Å². The van der Waals surface area contributed by atoms with Gasteiger partial charge in [-0.05, 0) is 65.4 Å². The second-order valence-corrected chi connectivity index (χ2v) is 9.36. The Bertz CT molecular complexity index is 1460. The smallest absolute Gasteiger partial charge is 0.228 e. The number of anilines is 2. The number of hydrogen-bond donors (Lipinski definition) is 3. The Labute approximate surface area is 203 Å². The third-order valence-electron chi connectivity index (χ3n) is 7.54. The molecule has 1 aromatic heterocycles. The first kappa shape index (κ1) is 21.5. The van der Waals surface area contributed by atoms with Gasteiger partial charge in [-0.2, -0.15) is 5.10 Å². The van der Waals surface area contributed by atoms with Gasteiger partial charge in [-0.15, -0.1) is 0 Å². The van der Waals surface area contributed by atoms with E-state index in [-0.39, 0.29) is 11.8 Å². The van der Waals surface area contributed by atoms with Crippen LogP contribution in [-0.4, -0.2) is 29.8 Å². The van der Waals surface area contributed by atoms with Crippen LogP contribution in [-0.2, 0) is 23.1 Å². The van der Waals surface area contributed by atoms with Crippen LogP contribution in [0.5, 0.6) is 11.5 Å². The molecular weight excluding hydrogens is 440 g/mol. The molecule has 0 bridgehead atoms. The molecule has 2 heterocycles. The van der Waals surface area contributed by atoms with Crippen molar-refractivity contribution in [2.45, 2.75) is 37.5 Å². The number of para-hydroxylation sites is 1. The molecule has 4 N–H and O–H groups in total. The topological polar surface area (TPSA) is 102 Å². The van der Waals surface area contributed by atoms with Crippen molar-refractivity contribution >= 4 is 28.3 Å². The van der Waals surface area contributed by atoms with Crippen molar-refractivity contribution in [3.8, 4) is 11.5 Å². The Kier molecular flexibility index (Phi) is 4.95. The van der Waals surface area contributed by atoms with Gasteiger partial charge in [0.1, 0.15) is 11.5 Å². The van der Waals surface area contributed by atoms with Crippen molar-refractivity contribution in [1.82, 2.24) is 10.2 Å². The van der Waals surface area contributed by atoms with E-state index in [9.17, 15) is 4.79 Å². The lowest BCUT2D eigenvalue weighted by molar-refractivity contribution is -0.120. The summed E-state index contributed by atoms with van der Waals surface area (Å²) in [5.41, 5.74) is 11.5. The second-order valence-electron chi connectivity index (χ2n) is 9.36. The highest BCUT2D eigenvalue weighted by Crippen LogP contribution is 2.61. The quantitative estimate of drug-likeness (QED) is 0.364. The number of carbonyl (C=O) groups excluding carboxylic acids is 1. The monoisotopic (exact) mass is 468 g/mol. The standard InChI is InChI=1S/C28H28N4O3/c1-3-16-7-9-19(34-2)14-21(16)28(27(29)33)15-22(28)18-8-10-20-24(13-18)31-32-26(20)30-23-6-4-5-17-11-12-35-25(17)23/h4-10,13-14,22H,3,11-12,15H2,1-2H3,(H2,29,33)(H2,30,31,32)/t22-,28-/m0/s1. The molecule has 1 saturated carbocycles. The molecule has 2 aliphatic rings. The van der Waals surface area contributed by atoms with Crippen LogP contribution in [0.15, 0.2) is 54.6 Å². The van der Waals surface area contributed by atoms with Gasteiger partial charge in [-0.3, -0.25) is 9.89 Å². The van der Waals surface area contributed by atoms with Crippen LogP contribution in [0.3, 0.4) is 0 Å². The summed E-state index contributed by atoms with van der Waals surface area (Å²) in [5.74, 6) is 2.09. The fourth-order valence-electron chi connectivity index (χ4n) is 5.56. The summed E-state index contributed by atoms with van der Waals surface area (Å²) >= 11 is 0. The molecule has 6 rings (SSSR count). The lowest BCUT2D eigenvalue weighted by atomic mass is 9.85. The van der Waals surface area contributed by atoms with Gasteiger partial charge in [0.2, 0.25) is 5.91 Å². The molecule has 0 spiro atoms. The Morgan fingerprint density at radius 1 is 1.26 bits per heavy atom. The molecule has 1 aliphatic carbocycles. The number of aryl methyl sites for hydroxylation is 1. The summed E-state index contributed by atoms with van der Waals surface area (Å²) in [5, 5.41) is 12.1. The van der Waals surface area contributed by atoms with Crippen LogP contribution >= 0.6 is 0 Å². The minimum Gasteiger partial charge on any atom is -0.497 e. The number of nitrogens with zero attached hydrogens (tertiary/aromatic N) is 1. The number of nitrogens with one attached hydrogen (secondary N) is 2. The number of rotatable bonds is 7. The number of fused-ring (bicyclic) bond motifs is 2. The molecule has 1 amide bonds. The predicted octanol–water partition coefficient (Wildman–Crippen LogP) is 4.72. The minimum atomic E-state index is -0.726. The average Bonchev–Trinajstić information content (AvgIpc) is 3.23. The maximum atomic E-state index is 12.8. The van der Waals surface area contributed by atoms with Crippen LogP contribution < -0.4 is 20.5 Å². The summed E-state index contributed by atoms with van der Waals surface area (Å²) in [7, 11) is 1.64. The number of ether oxygens (including phenoxy) is 2. The molecule has 0 saturated heterocycles. The van der Waals surface area contributed by atoms with Gasteiger partial charge in [0.15, 0.2) is 5.82 Å². The second kappa shape index (κ2) is 8.05. The first-order valence-electron chi connectivity index (χ1n) is 12.0. The van der Waals surface area contributed by atoms with Gasteiger partial charge in [0, 0.05) is 17.7 Å². The normalized spacial score (nSPS) is 20.3. The number of H-pyrrole nitrogens is 1. The summed E-state index contributed by atoms with van der Waals surface area (Å²) in [6, 6.07) is 18.3. The summed E-state index contributed by atoms with van der Waals surface area (Å²) in [6.07, 6.45) is 2.43. The molecule has 2 atom stereocenters. The van der Waals surface area contributed by atoms with Gasteiger partial charge in [0.25, 0.3) is 0 Å². The van der Waals surface area contributed by atoms with Crippen LogP contribution in [0, 0.1) is 0 Å². The number of amides is 1. The third-order valence-corrected chi connectivity index (χ3v) is 7.54. The number of methoxy groups -OCH3 is 1. The van der Waals surface area contributed by atoms with Crippen LogP contribution in [0.4, 0.5) is 11.5 Å². The number of aromatic nitrogens is 2. The number of carbonyl (C=O) groups is 1.